The molecular formula is C15H23N5. The number of rotatable bonds is 1. The Morgan fingerprint density at radius 1 is 1.15 bits per heavy atom. The van der Waals surface area contributed by atoms with Gasteiger partial charge in [0.15, 0.2) is 0 Å². The molecule has 0 amide bonds. The number of benzene rings is 1. The second-order valence-corrected chi connectivity index (χ2v) is 6.51. The molecule has 1 saturated heterocycles. The van der Waals surface area contributed by atoms with Crippen LogP contribution >= 0.6 is 0 Å². The Bertz CT molecular complexity index is 602. The monoisotopic (exact) mass is 273 g/mol. The summed E-state index contributed by atoms with van der Waals surface area (Å²) in [5.74, 6) is 0. The van der Waals surface area contributed by atoms with Crippen LogP contribution < -0.4 is 10.6 Å². The summed E-state index contributed by atoms with van der Waals surface area (Å²) in [5.41, 5.74) is 9.45. The number of nitrogens with two attached hydrogens (primary N) is 1. The standard InChI is InChI=1S/C15H23N5/c1-15(2,3)20-6-4-19(5-7-20)14-9-13-11(8-12(14)16)10-17-18-13/h8-10H,4-7,16H2,1-3H3,(H,17,18). The van der Waals surface area contributed by atoms with Crippen molar-refractivity contribution in [3.05, 3.63) is 18.3 Å². The Kier molecular flexibility index (Phi) is 3.09. The summed E-state index contributed by atoms with van der Waals surface area (Å²) in [6.07, 6.45) is 1.81. The molecule has 3 rings (SSSR count). The molecule has 108 valence electrons. The predicted molar refractivity (Wildman–Crippen MR) is 84.0 cm³/mol. The lowest BCUT2D eigenvalue weighted by atomic mass is 10.0. The van der Waals surface area contributed by atoms with Gasteiger partial charge in [-0.25, -0.2) is 0 Å². The van der Waals surface area contributed by atoms with Gasteiger partial charge in [0.2, 0.25) is 0 Å². The Balaban J connectivity index is 1.81. The highest BCUT2D eigenvalue weighted by Gasteiger charge is 2.26. The van der Waals surface area contributed by atoms with Gasteiger partial charge in [-0.2, -0.15) is 5.10 Å². The predicted octanol–water partition coefficient (Wildman–Crippen LogP) is 2.07. The number of nitrogens with zero attached hydrogens (tertiary/aromatic N) is 3. The normalized spacial score (nSPS) is 17.9. The zero-order valence-electron chi connectivity index (χ0n) is 12.5. The van der Waals surface area contributed by atoms with Crippen molar-refractivity contribution in [2.24, 2.45) is 0 Å². The van der Waals surface area contributed by atoms with Crippen LogP contribution in [0.3, 0.4) is 0 Å². The van der Waals surface area contributed by atoms with E-state index in [0.29, 0.717) is 0 Å². The quantitative estimate of drug-likeness (QED) is 0.781. The van der Waals surface area contributed by atoms with E-state index in [1.807, 2.05) is 12.3 Å². The summed E-state index contributed by atoms with van der Waals surface area (Å²) in [4.78, 5) is 4.90. The van der Waals surface area contributed by atoms with Gasteiger partial charge in [-0.15, -0.1) is 0 Å². The molecule has 0 atom stereocenters. The number of aromatic amines is 1. The molecule has 1 aliphatic heterocycles. The summed E-state index contributed by atoms with van der Waals surface area (Å²) in [7, 11) is 0. The largest absolute Gasteiger partial charge is 0.397 e. The molecule has 3 N–H and O–H groups in total. The number of aromatic nitrogens is 2. The topological polar surface area (TPSA) is 61.2 Å². The van der Waals surface area contributed by atoms with Crippen molar-refractivity contribution in [1.82, 2.24) is 15.1 Å². The van der Waals surface area contributed by atoms with E-state index in [-0.39, 0.29) is 5.54 Å². The molecule has 0 unspecified atom stereocenters. The van der Waals surface area contributed by atoms with E-state index >= 15 is 0 Å². The van der Waals surface area contributed by atoms with Crippen molar-refractivity contribution in [2.75, 3.05) is 36.8 Å². The van der Waals surface area contributed by atoms with Crippen molar-refractivity contribution >= 4 is 22.3 Å². The number of piperazine rings is 1. The molecule has 0 radical (unpaired) electrons. The van der Waals surface area contributed by atoms with E-state index in [4.69, 9.17) is 5.73 Å². The molecule has 0 saturated carbocycles. The molecule has 5 nitrogen and oxygen atoms in total. The molecule has 2 aromatic rings. The molecule has 5 heteroatoms. The number of nitrogens with one attached hydrogen (secondary N) is 1. The van der Waals surface area contributed by atoms with Crippen molar-refractivity contribution in [3.63, 3.8) is 0 Å². The Morgan fingerprint density at radius 3 is 2.50 bits per heavy atom. The molecule has 0 bridgehead atoms. The summed E-state index contributed by atoms with van der Waals surface area (Å²) in [6, 6.07) is 4.12. The zero-order chi connectivity index (χ0) is 14.3. The fourth-order valence-electron chi connectivity index (χ4n) is 2.89. The van der Waals surface area contributed by atoms with E-state index in [1.54, 1.807) is 0 Å². The van der Waals surface area contributed by atoms with Gasteiger partial charge < -0.3 is 10.6 Å². The number of hydrogen-bond acceptors (Lipinski definition) is 4. The van der Waals surface area contributed by atoms with Gasteiger partial charge in [-0.1, -0.05) is 0 Å². The minimum Gasteiger partial charge on any atom is -0.397 e. The zero-order valence-corrected chi connectivity index (χ0v) is 12.5. The van der Waals surface area contributed by atoms with Gasteiger partial charge in [-0.05, 0) is 32.9 Å². The first kappa shape index (κ1) is 13.2. The first-order valence-electron chi connectivity index (χ1n) is 7.18. The third-order valence-corrected chi connectivity index (χ3v) is 4.16. The van der Waals surface area contributed by atoms with Crippen LogP contribution in [0.5, 0.6) is 0 Å². The molecule has 1 aliphatic rings. The second kappa shape index (κ2) is 4.66. The van der Waals surface area contributed by atoms with E-state index in [1.165, 1.54) is 0 Å². The number of nitrogen functional groups attached to an aromatic ring is 1. The van der Waals surface area contributed by atoms with Gasteiger partial charge in [-0.3, -0.25) is 10.00 Å². The maximum absolute atomic E-state index is 6.20. The summed E-state index contributed by atoms with van der Waals surface area (Å²) in [6.45, 7) is 11.0. The maximum Gasteiger partial charge on any atom is 0.0672 e. The fourth-order valence-corrected chi connectivity index (χ4v) is 2.89. The minimum absolute atomic E-state index is 0.241. The van der Waals surface area contributed by atoms with E-state index in [0.717, 1.165) is 48.5 Å². The smallest absolute Gasteiger partial charge is 0.0672 e. The van der Waals surface area contributed by atoms with Crippen LogP contribution in [0.25, 0.3) is 10.9 Å². The molecule has 1 aromatic carbocycles. The third kappa shape index (κ3) is 2.33. The minimum atomic E-state index is 0.241. The average molecular weight is 273 g/mol. The van der Waals surface area contributed by atoms with Gasteiger partial charge in [0.25, 0.3) is 0 Å². The van der Waals surface area contributed by atoms with Crippen LogP contribution in [0.15, 0.2) is 18.3 Å². The number of hydrogen-bond donors (Lipinski definition) is 2. The number of H-pyrrole nitrogens is 1. The summed E-state index contributed by atoms with van der Waals surface area (Å²) < 4.78 is 0. The summed E-state index contributed by atoms with van der Waals surface area (Å²) >= 11 is 0. The number of fused-ring (bicyclic) bond motifs is 1. The van der Waals surface area contributed by atoms with Crippen LogP contribution in [-0.4, -0.2) is 46.8 Å². The molecule has 20 heavy (non-hydrogen) atoms. The SMILES string of the molecule is CC(C)(C)N1CCN(c2cc3[nH]ncc3cc2N)CC1. The van der Waals surface area contributed by atoms with E-state index in [9.17, 15) is 0 Å². The Labute approximate surface area is 119 Å². The Morgan fingerprint density at radius 2 is 1.85 bits per heavy atom. The first-order valence-corrected chi connectivity index (χ1v) is 7.18. The van der Waals surface area contributed by atoms with Crippen molar-refractivity contribution in [2.45, 2.75) is 26.3 Å². The highest BCUT2D eigenvalue weighted by molar-refractivity contribution is 5.88. The van der Waals surface area contributed by atoms with Crippen LogP contribution in [0.4, 0.5) is 11.4 Å². The number of anilines is 2. The lowest BCUT2D eigenvalue weighted by Crippen LogP contribution is -2.53. The average Bonchev–Trinajstić information content (AvgIpc) is 2.84. The van der Waals surface area contributed by atoms with Gasteiger partial charge in [0.1, 0.15) is 0 Å². The van der Waals surface area contributed by atoms with Crippen LogP contribution in [0.1, 0.15) is 20.8 Å². The van der Waals surface area contributed by atoms with Gasteiger partial charge in [0.05, 0.1) is 23.1 Å². The Hall–Kier alpha value is -1.75. The fraction of sp³-hybridized carbons (Fsp3) is 0.533. The van der Waals surface area contributed by atoms with Crippen molar-refractivity contribution in [1.29, 1.82) is 0 Å². The second-order valence-electron chi connectivity index (χ2n) is 6.51. The first-order chi connectivity index (χ1) is 9.45. The lowest BCUT2D eigenvalue weighted by Gasteiger charge is -2.43. The van der Waals surface area contributed by atoms with E-state index in [2.05, 4.69) is 46.8 Å². The third-order valence-electron chi connectivity index (χ3n) is 4.16. The van der Waals surface area contributed by atoms with Crippen molar-refractivity contribution < 1.29 is 0 Å². The van der Waals surface area contributed by atoms with Crippen LogP contribution in [-0.2, 0) is 0 Å². The van der Waals surface area contributed by atoms with Crippen molar-refractivity contribution in [3.8, 4) is 0 Å². The molecule has 0 aliphatic carbocycles. The van der Waals surface area contributed by atoms with Gasteiger partial charge in [0, 0.05) is 37.1 Å². The van der Waals surface area contributed by atoms with Crippen LogP contribution in [0, 0.1) is 0 Å². The highest BCUT2D eigenvalue weighted by atomic mass is 15.3. The molecule has 0 spiro atoms. The molecular weight excluding hydrogens is 250 g/mol. The molecule has 1 fully saturated rings. The van der Waals surface area contributed by atoms with E-state index < -0.39 is 0 Å². The van der Waals surface area contributed by atoms with Crippen LogP contribution in [0.2, 0.25) is 0 Å². The molecule has 1 aromatic heterocycles. The maximum atomic E-state index is 6.20. The molecule has 2 heterocycles. The lowest BCUT2D eigenvalue weighted by molar-refractivity contribution is 0.128. The summed E-state index contributed by atoms with van der Waals surface area (Å²) in [5, 5.41) is 8.15. The van der Waals surface area contributed by atoms with Gasteiger partial charge >= 0.3 is 0 Å². The highest BCUT2D eigenvalue weighted by Crippen LogP contribution is 2.29.